The summed E-state index contributed by atoms with van der Waals surface area (Å²) in [5.74, 6) is -1.68. The number of pyridine rings is 1. The Morgan fingerprint density at radius 3 is 2.36 bits per heavy atom. The molecule has 2 aromatic heterocycles. The van der Waals surface area contributed by atoms with E-state index in [0.717, 1.165) is 25.1 Å². The minimum Gasteiger partial charge on any atom is -0.389 e. The maximum absolute atomic E-state index is 14.0. The molecular formula is C25H32F5N5O3S. The van der Waals surface area contributed by atoms with Crippen LogP contribution in [0.1, 0.15) is 85.2 Å². The van der Waals surface area contributed by atoms with Crippen molar-refractivity contribution in [3.05, 3.63) is 28.5 Å². The number of amides is 2. The van der Waals surface area contributed by atoms with Gasteiger partial charge < -0.3 is 20.6 Å². The molecule has 216 valence electrons. The van der Waals surface area contributed by atoms with Crippen LogP contribution in [0.3, 0.4) is 0 Å². The molecule has 0 bridgehead atoms. The van der Waals surface area contributed by atoms with Crippen LogP contribution in [-0.4, -0.2) is 69.2 Å². The number of alkyl halides is 5. The van der Waals surface area contributed by atoms with E-state index in [1.807, 2.05) is 12.2 Å². The summed E-state index contributed by atoms with van der Waals surface area (Å²) in [6.45, 7) is 3.61. The summed E-state index contributed by atoms with van der Waals surface area (Å²) >= 11 is 0.689. The standard InChI is InChI=1S/C22H26F5N5O3S.C3H6/c1-11-5-4-6-32(11)20(34)15-16(36-19(31-15)18(33)30-9-21(2,3)35)13-8-28-14(7-12(13)17(23)24)29-10-22(25,26)27;1-2-3-1/h7-8,11,17,35H,4-6,9-10H2,1-3H3,(H,28,29)(H,30,33);1-3H2. The summed E-state index contributed by atoms with van der Waals surface area (Å²) in [4.78, 5) is 35.4. The number of likely N-dealkylation sites (tertiary alicyclic amines) is 1. The number of carbonyl (C=O) groups is 2. The zero-order chi connectivity index (χ0) is 29.0. The van der Waals surface area contributed by atoms with E-state index in [4.69, 9.17) is 0 Å². The lowest BCUT2D eigenvalue weighted by atomic mass is 10.1. The number of carbonyl (C=O) groups excluding carboxylic acids is 2. The third-order valence-corrected chi connectivity index (χ3v) is 6.85. The van der Waals surface area contributed by atoms with Gasteiger partial charge in [0.15, 0.2) is 5.01 Å². The minimum atomic E-state index is -4.58. The fourth-order valence-corrected chi connectivity index (χ4v) is 4.62. The molecule has 14 heteroatoms. The van der Waals surface area contributed by atoms with Gasteiger partial charge in [0, 0.05) is 36.5 Å². The molecule has 0 aromatic carbocycles. The molecule has 1 saturated heterocycles. The zero-order valence-corrected chi connectivity index (χ0v) is 22.7. The molecule has 1 saturated carbocycles. The summed E-state index contributed by atoms with van der Waals surface area (Å²) in [5.41, 5.74) is -2.32. The molecule has 2 amide bonds. The Balaban J connectivity index is 0.00000131. The molecule has 2 aliphatic rings. The molecule has 1 unspecified atom stereocenters. The third-order valence-electron chi connectivity index (χ3n) is 5.76. The summed E-state index contributed by atoms with van der Waals surface area (Å²) in [7, 11) is 0. The first kappa shape index (κ1) is 30.7. The van der Waals surface area contributed by atoms with Crippen LogP contribution in [0.5, 0.6) is 0 Å². The van der Waals surface area contributed by atoms with Gasteiger partial charge in [0.2, 0.25) is 0 Å². The second-order valence-electron chi connectivity index (χ2n) is 10.2. The van der Waals surface area contributed by atoms with E-state index in [0.29, 0.717) is 17.9 Å². The number of rotatable bonds is 8. The van der Waals surface area contributed by atoms with Crippen molar-refractivity contribution in [1.29, 1.82) is 0 Å². The van der Waals surface area contributed by atoms with Gasteiger partial charge in [-0.25, -0.2) is 18.7 Å². The second-order valence-corrected chi connectivity index (χ2v) is 11.2. The smallest absolute Gasteiger partial charge is 0.389 e. The number of nitrogens with zero attached hydrogens (tertiary/aromatic N) is 3. The van der Waals surface area contributed by atoms with Crippen molar-refractivity contribution in [2.75, 3.05) is 25.0 Å². The number of nitrogens with one attached hydrogen (secondary N) is 2. The molecule has 3 N–H and O–H groups in total. The van der Waals surface area contributed by atoms with E-state index < -0.39 is 47.9 Å². The Labute approximate surface area is 227 Å². The van der Waals surface area contributed by atoms with Gasteiger partial charge in [0.1, 0.15) is 18.1 Å². The second kappa shape index (κ2) is 12.5. The average Bonchev–Trinajstić information content (AvgIpc) is 3.57. The fraction of sp³-hybridized carbons (Fsp3) is 0.600. The number of aliphatic hydroxyl groups is 1. The van der Waals surface area contributed by atoms with Gasteiger partial charge >= 0.3 is 6.18 Å². The molecule has 8 nitrogen and oxygen atoms in total. The largest absolute Gasteiger partial charge is 0.405 e. The van der Waals surface area contributed by atoms with Crippen molar-refractivity contribution in [2.45, 2.75) is 77.1 Å². The van der Waals surface area contributed by atoms with Crippen LogP contribution in [-0.2, 0) is 0 Å². The van der Waals surface area contributed by atoms with Gasteiger partial charge in [0.25, 0.3) is 18.2 Å². The van der Waals surface area contributed by atoms with Crippen molar-refractivity contribution in [3.63, 3.8) is 0 Å². The maximum atomic E-state index is 14.0. The highest BCUT2D eigenvalue weighted by atomic mass is 32.1. The molecule has 0 radical (unpaired) electrons. The summed E-state index contributed by atoms with van der Waals surface area (Å²) in [5, 5.41) is 14.1. The van der Waals surface area contributed by atoms with E-state index in [2.05, 4.69) is 15.3 Å². The van der Waals surface area contributed by atoms with Gasteiger partial charge in [-0.15, -0.1) is 11.3 Å². The van der Waals surface area contributed by atoms with Crippen LogP contribution in [0.25, 0.3) is 10.4 Å². The Morgan fingerprint density at radius 1 is 1.18 bits per heavy atom. The first-order valence-electron chi connectivity index (χ1n) is 12.6. The van der Waals surface area contributed by atoms with Gasteiger partial charge in [-0.1, -0.05) is 19.3 Å². The number of aromatic nitrogens is 2. The number of thiazole rings is 1. The van der Waals surface area contributed by atoms with Crippen LogP contribution in [0.4, 0.5) is 27.8 Å². The first-order chi connectivity index (χ1) is 18.2. The normalized spacial score (nSPS) is 17.1. The Bertz CT molecular complexity index is 1160. The van der Waals surface area contributed by atoms with Gasteiger partial charge in [-0.3, -0.25) is 9.59 Å². The van der Waals surface area contributed by atoms with Crippen LogP contribution >= 0.6 is 11.3 Å². The summed E-state index contributed by atoms with van der Waals surface area (Å²) in [6.07, 6.45) is -0.767. The van der Waals surface area contributed by atoms with E-state index in [9.17, 15) is 36.6 Å². The molecule has 1 atom stereocenters. The van der Waals surface area contributed by atoms with Crippen molar-refractivity contribution < 1.29 is 36.6 Å². The number of hydrogen-bond acceptors (Lipinski definition) is 7. The van der Waals surface area contributed by atoms with E-state index >= 15 is 0 Å². The van der Waals surface area contributed by atoms with Crippen molar-refractivity contribution in [2.24, 2.45) is 0 Å². The molecule has 39 heavy (non-hydrogen) atoms. The van der Waals surface area contributed by atoms with Gasteiger partial charge in [-0.05, 0) is 39.7 Å². The van der Waals surface area contributed by atoms with Crippen molar-refractivity contribution >= 4 is 29.0 Å². The van der Waals surface area contributed by atoms with Crippen molar-refractivity contribution in [3.8, 4) is 10.4 Å². The minimum absolute atomic E-state index is 0.0438. The molecule has 2 fully saturated rings. The SMILES string of the molecule is C1CC1.CC1CCCN1C(=O)c1nc(C(=O)NCC(C)(C)O)sc1-c1cnc(NCC(F)(F)F)cc1C(F)F. The van der Waals surface area contributed by atoms with E-state index in [1.54, 1.807) is 0 Å². The average molecular weight is 578 g/mol. The molecule has 2 aromatic rings. The highest BCUT2D eigenvalue weighted by Crippen LogP contribution is 2.39. The molecule has 1 aliphatic heterocycles. The van der Waals surface area contributed by atoms with Crippen molar-refractivity contribution in [1.82, 2.24) is 20.2 Å². The lowest BCUT2D eigenvalue weighted by molar-refractivity contribution is -0.115. The first-order valence-corrected chi connectivity index (χ1v) is 13.4. The van der Waals surface area contributed by atoms with Crippen LogP contribution in [0, 0.1) is 0 Å². The summed E-state index contributed by atoms with van der Waals surface area (Å²) < 4.78 is 65.6. The van der Waals surface area contributed by atoms with Gasteiger partial charge in [0.05, 0.1) is 10.5 Å². The molecule has 3 heterocycles. The van der Waals surface area contributed by atoms with E-state index in [-0.39, 0.29) is 33.7 Å². The molecule has 0 spiro atoms. The Morgan fingerprint density at radius 2 is 1.85 bits per heavy atom. The van der Waals surface area contributed by atoms with E-state index in [1.165, 1.54) is 38.0 Å². The number of halogens is 5. The lowest BCUT2D eigenvalue weighted by Crippen LogP contribution is -2.38. The van der Waals surface area contributed by atoms with Crippen LogP contribution in [0.15, 0.2) is 12.3 Å². The predicted octanol–water partition coefficient (Wildman–Crippen LogP) is 5.41. The monoisotopic (exact) mass is 577 g/mol. The highest BCUT2D eigenvalue weighted by molar-refractivity contribution is 7.17. The highest BCUT2D eigenvalue weighted by Gasteiger charge is 2.33. The Hall–Kier alpha value is -2.87. The predicted molar refractivity (Wildman–Crippen MR) is 137 cm³/mol. The van der Waals surface area contributed by atoms with Crippen LogP contribution in [0.2, 0.25) is 0 Å². The maximum Gasteiger partial charge on any atom is 0.405 e. The third kappa shape index (κ3) is 9.09. The molecule has 4 rings (SSSR count). The topological polar surface area (TPSA) is 107 Å². The van der Waals surface area contributed by atoms with Crippen LogP contribution < -0.4 is 10.6 Å². The van der Waals surface area contributed by atoms with Gasteiger partial charge in [-0.2, -0.15) is 13.2 Å². The zero-order valence-electron chi connectivity index (χ0n) is 21.9. The Kier molecular flexibility index (Phi) is 9.86. The molecular weight excluding hydrogens is 545 g/mol. The quantitative estimate of drug-likeness (QED) is 0.362. The number of hydrogen-bond donors (Lipinski definition) is 3. The molecule has 1 aliphatic carbocycles. The fourth-order valence-electron chi connectivity index (χ4n) is 3.62. The lowest BCUT2D eigenvalue weighted by Gasteiger charge is -2.21. The number of anilines is 1. The summed E-state index contributed by atoms with van der Waals surface area (Å²) in [6, 6.07) is 0.660.